The molecule has 1 saturated heterocycles. The molecular weight excluding hydrogens is 284 g/mol. The van der Waals surface area contributed by atoms with Gasteiger partial charge in [-0.1, -0.05) is 12.1 Å². The van der Waals surface area contributed by atoms with E-state index in [-0.39, 0.29) is 18.2 Å². The minimum Gasteiger partial charge on any atom is -0.481 e. The number of para-hydroxylation sites is 1. The molecule has 2 amide bonds. The summed E-state index contributed by atoms with van der Waals surface area (Å²) in [6.45, 7) is 2.21. The summed E-state index contributed by atoms with van der Waals surface area (Å²) in [5.74, 6) is -1.01. The van der Waals surface area contributed by atoms with Crippen molar-refractivity contribution in [1.82, 2.24) is 4.90 Å². The van der Waals surface area contributed by atoms with Crippen LogP contribution in [0.3, 0.4) is 0 Å². The van der Waals surface area contributed by atoms with Crippen LogP contribution in [0.15, 0.2) is 24.3 Å². The van der Waals surface area contributed by atoms with E-state index >= 15 is 0 Å². The van der Waals surface area contributed by atoms with Crippen molar-refractivity contribution in [1.29, 1.82) is 0 Å². The quantitative estimate of drug-likeness (QED) is 0.920. The molecule has 0 aliphatic carbocycles. The summed E-state index contributed by atoms with van der Waals surface area (Å²) in [5, 5.41) is 8.79. The topological polar surface area (TPSA) is 77.9 Å². The number of fused-ring (bicyclic) bond motifs is 3. The molecule has 2 aliphatic rings. The first-order valence-corrected chi connectivity index (χ1v) is 7.41. The molecule has 3 rings (SSSR count). The highest BCUT2D eigenvalue weighted by Crippen LogP contribution is 2.43. The minimum absolute atomic E-state index is 0.00526. The Balaban J connectivity index is 1.99. The number of carboxylic acid groups (broad SMARTS) is 1. The molecule has 1 aromatic carbocycles. The number of hydrogen-bond donors (Lipinski definition) is 1. The number of carboxylic acids is 1. The highest BCUT2D eigenvalue weighted by Gasteiger charge is 2.52. The molecule has 0 unspecified atom stereocenters. The summed E-state index contributed by atoms with van der Waals surface area (Å²) in [5.41, 5.74) is 0.471. The number of carbonyl (C=O) groups excluding carboxylic acids is 2. The number of rotatable bonds is 4. The lowest BCUT2D eigenvalue weighted by atomic mass is 9.98. The number of carbonyl (C=O) groups is 3. The Labute approximate surface area is 128 Å². The average Bonchev–Trinajstić information content (AvgIpc) is 2.79. The average molecular weight is 302 g/mol. The molecule has 0 aromatic heterocycles. The Kier molecular flexibility index (Phi) is 3.39. The van der Waals surface area contributed by atoms with Crippen LogP contribution < -0.4 is 4.90 Å². The Morgan fingerprint density at radius 3 is 2.77 bits per heavy atom. The van der Waals surface area contributed by atoms with E-state index in [9.17, 15) is 14.4 Å². The summed E-state index contributed by atoms with van der Waals surface area (Å²) < 4.78 is 0. The summed E-state index contributed by atoms with van der Waals surface area (Å²) >= 11 is 0. The molecule has 0 radical (unpaired) electrons. The van der Waals surface area contributed by atoms with Gasteiger partial charge in [-0.3, -0.25) is 19.3 Å². The predicted octanol–water partition coefficient (Wildman–Crippen LogP) is 1.85. The SMILES string of the molecule is C[C@]12CCC(=O)N1c1ccccc1C(=O)N2CCCC(=O)O. The van der Waals surface area contributed by atoms with Crippen LogP contribution >= 0.6 is 0 Å². The molecule has 116 valence electrons. The van der Waals surface area contributed by atoms with Crippen molar-refractivity contribution in [3.8, 4) is 0 Å². The lowest BCUT2D eigenvalue weighted by Gasteiger charge is -2.48. The van der Waals surface area contributed by atoms with Crippen molar-refractivity contribution in [3.63, 3.8) is 0 Å². The van der Waals surface area contributed by atoms with Gasteiger partial charge in [-0.2, -0.15) is 0 Å². The van der Waals surface area contributed by atoms with Gasteiger partial charge in [0, 0.05) is 19.4 Å². The van der Waals surface area contributed by atoms with Crippen molar-refractivity contribution in [3.05, 3.63) is 29.8 Å². The molecule has 1 aromatic rings. The van der Waals surface area contributed by atoms with E-state index in [0.29, 0.717) is 37.1 Å². The van der Waals surface area contributed by atoms with Crippen molar-refractivity contribution in [2.75, 3.05) is 11.4 Å². The van der Waals surface area contributed by atoms with Crippen LogP contribution in [-0.4, -0.2) is 40.0 Å². The fourth-order valence-electron chi connectivity index (χ4n) is 3.43. The maximum absolute atomic E-state index is 12.8. The lowest BCUT2D eigenvalue weighted by Crippen LogP contribution is -2.62. The zero-order valence-electron chi connectivity index (χ0n) is 12.4. The summed E-state index contributed by atoms with van der Waals surface area (Å²) in [6.07, 6.45) is 1.35. The van der Waals surface area contributed by atoms with Gasteiger partial charge in [0.2, 0.25) is 5.91 Å². The van der Waals surface area contributed by atoms with Crippen molar-refractivity contribution in [2.24, 2.45) is 0 Å². The number of benzene rings is 1. The first kappa shape index (κ1) is 14.6. The van der Waals surface area contributed by atoms with E-state index in [4.69, 9.17) is 5.11 Å². The summed E-state index contributed by atoms with van der Waals surface area (Å²) in [6, 6.07) is 7.10. The molecule has 1 atom stereocenters. The maximum atomic E-state index is 12.8. The van der Waals surface area contributed by atoms with E-state index in [2.05, 4.69) is 0 Å². The van der Waals surface area contributed by atoms with Gasteiger partial charge in [0.05, 0.1) is 11.3 Å². The Morgan fingerprint density at radius 2 is 2.05 bits per heavy atom. The van der Waals surface area contributed by atoms with Crippen molar-refractivity contribution < 1.29 is 19.5 Å². The first-order chi connectivity index (χ1) is 10.4. The fourth-order valence-corrected chi connectivity index (χ4v) is 3.43. The highest BCUT2D eigenvalue weighted by molar-refractivity contribution is 6.10. The van der Waals surface area contributed by atoms with E-state index in [1.807, 2.05) is 13.0 Å². The molecule has 1 fully saturated rings. The molecular formula is C16H18N2O4. The second-order valence-electron chi connectivity index (χ2n) is 5.92. The van der Waals surface area contributed by atoms with Crippen LogP contribution in [0.25, 0.3) is 0 Å². The monoisotopic (exact) mass is 302 g/mol. The largest absolute Gasteiger partial charge is 0.481 e. The van der Waals surface area contributed by atoms with Gasteiger partial charge in [-0.25, -0.2) is 0 Å². The normalized spacial score (nSPS) is 23.5. The molecule has 2 aliphatic heterocycles. The van der Waals surface area contributed by atoms with E-state index < -0.39 is 11.6 Å². The smallest absolute Gasteiger partial charge is 0.303 e. The molecule has 6 heteroatoms. The number of nitrogens with zero attached hydrogens (tertiary/aromatic N) is 2. The lowest BCUT2D eigenvalue weighted by molar-refractivity contribution is -0.137. The van der Waals surface area contributed by atoms with Gasteiger partial charge >= 0.3 is 5.97 Å². The fraction of sp³-hybridized carbons (Fsp3) is 0.438. The number of hydrogen-bond acceptors (Lipinski definition) is 3. The third-order valence-corrected chi connectivity index (χ3v) is 4.52. The van der Waals surface area contributed by atoms with Crippen LogP contribution in [0.5, 0.6) is 0 Å². The first-order valence-electron chi connectivity index (χ1n) is 7.41. The van der Waals surface area contributed by atoms with Gasteiger partial charge in [0.15, 0.2) is 0 Å². The molecule has 0 saturated carbocycles. The Hall–Kier alpha value is -2.37. The standard InChI is InChI=1S/C16H18N2O4/c1-16-9-8-13(19)18(16)12-6-3-2-5-11(12)15(22)17(16)10-4-7-14(20)21/h2-3,5-6H,4,7-10H2,1H3,(H,20,21)/t16-/m1/s1. The van der Waals surface area contributed by atoms with Crippen molar-refractivity contribution in [2.45, 2.75) is 38.3 Å². The van der Waals surface area contributed by atoms with Gasteiger partial charge < -0.3 is 10.0 Å². The van der Waals surface area contributed by atoms with Gasteiger partial charge in [0.25, 0.3) is 5.91 Å². The zero-order chi connectivity index (χ0) is 15.9. The second kappa shape index (κ2) is 5.12. The Bertz CT molecular complexity index is 657. The van der Waals surface area contributed by atoms with Crippen molar-refractivity contribution >= 4 is 23.5 Å². The minimum atomic E-state index is -0.880. The van der Waals surface area contributed by atoms with Crippen LogP contribution in [-0.2, 0) is 9.59 Å². The molecule has 6 nitrogen and oxygen atoms in total. The highest BCUT2D eigenvalue weighted by atomic mass is 16.4. The summed E-state index contributed by atoms with van der Waals surface area (Å²) in [4.78, 5) is 39.2. The maximum Gasteiger partial charge on any atom is 0.303 e. The molecule has 22 heavy (non-hydrogen) atoms. The zero-order valence-corrected chi connectivity index (χ0v) is 12.4. The summed E-state index contributed by atoms with van der Waals surface area (Å²) in [7, 11) is 0. The number of aliphatic carboxylic acids is 1. The second-order valence-corrected chi connectivity index (χ2v) is 5.92. The third-order valence-electron chi connectivity index (χ3n) is 4.52. The third kappa shape index (κ3) is 2.06. The van der Waals surface area contributed by atoms with E-state index in [1.165, 1.54) is 0 Å². The molecule has 2 heterocycles. The number of amides is 2. The molecule has 0 bridgehead atoms. The van der Waals surface area contributed by atoms with Crippen LogP contribution in [0.1, 0.15) is 43.0 Å². The predicted molar refractivity (Wildman–Crippen MR) is 79.5 cm³/mol. The van der Waals surface area contributed by atoms with Crippen LogP contribution in [0.4, 0.5) is 5.69 Å². The molecule has 0 spiro atoms. The van der Waals surface area contributed by atoms with Gasteiger partial charge in [-0.15, -0.1) is 0 Å². The number of anilines is 1. The van der Waals surface area contributed by atoms with Gasteiger partial charge in [-0.05, 0) is 31.9 Å². The Morgan fingerprint density at radius 1 is 1.32 bits per heavy atom. The van der Waals surface area contributed by atoms with E-state index in [1.54, 1.807) is 28.0 Å². The van der Waals surface area contributed by atoms with Crippen LogP contribution in [0, 0.1) is 0 Å². The van der Waals surface area contributed by atoms with Gasteiger partial charge in [0.1, 0.15) is 5.66 Å². The van der Waals surface area contributed by atoms with E-state index in [0.717, 1.165) is 0 Å². The molecule has 1 N–H and O–H groups in total. The van der Waals surface area contributed by atoms with Crippen LogP contribution in [0.2, 0.25) is 0 Å².